The molecule has 1 heterocycles. The van der Waals surface area contributed by atoms with E-state index in [0.717, 1.165) is 25.9 Å². The van der Waals surface area contributed by atoms with Gasteiger partial charge in [-0.1, -0.05) is 25.6 Å². The van der Waals surface area contributed by atoms with Gasteiger partial charge in [0.05, 0.1) is 11.6 Å². The summed E-state index contributed by atoms with van der Waals surface area (Å²) in [7, 11) is 0. The third kappa shape index (κ3) is 5.32. The Morgan fingerprint density at radius 2 is 2.00 bits per heavy atom. The van der Waals surface area contributed by atoms with Crippen molar-refractivity contribution in [3.63, 3.8) is 0 Å². The molecule has 0 spiro atoms. The number of carbonyl (C=O) groups is 1. The Bertz CT molecular complexity index is 265. The number of nitrogens with two attached hydrogens (primary N) is 1. The topological polar surface area (TPSA) is 58.8 Å². The molecule has 1 amide bonds. The highest BCUT2D eigenvalue weighted by Gasteiger charge is 2.21. The number of nitrogens with zero attached hydrogens (tertiary/aromatic N) is 2. The van der Waals surface area contributed by atoms with E-state index in [4.69, 9.17) is 22.7 Å². The molecule has 0 radical (unpaired) electrons. The van der Waals surface area contributed by atoms with Crippen LogP contribution in [-0.2, 0) is 4.74 Å². The average Bonchev–Trinajstić information content (AvgIpc) is 2.29. The number of thiocarbonyl (C=S) groups is 1. The lowest BCUT2D eigenvalue weighted by atomic mass is 10.3. The number of carbonyl (C=O) groups excluding carboxylic acids is 1. The SMILES string of the molecule is CCCCOC(=O)N1CCN(CC(N)=S)CC1. The molecule has 1 aliphatic rings. The van der Waals surface area contributed by atoms with Gasteiger partial charge >= 0.3 is 6.09 Å². The van der Waals surface area contributed by atoms with Gasteiger partial charge in [0.1, 0.15) is 0 Å². The van der Waals surface area contributed by atoms with Gasteiger partial charge < -0.3 is 15.4 Å². The van der Waals surface area contributed by atoms with Crippen molar-refractivity contribution >= 4 is 23.3 Å². The Balaban J connectivity index is 2.21. The van der Waals surface area contributed by atoms with Gasteiger partial charge in [0.15, 0.2) is 0 Å². The van der Waals surface area contributed by atoms with E-state index in [9.17, 15) is 4.79 Å². The number of unbranched alkanes of at least 4 members (excludes halogenated alkanes) is 1. The van der Waals surface area contributed by atoms with E-state index in [1.165, 1.54) is 0 Å². The zero-order valence-electron chi connectivity index (χ0n) is 10.4. The van der Waals surface area contributed by atoms with Crippen molar-refractivity contribution in [2.24, 2.45) is 5.73 Å². The van der Waals surface area contributed by atoms with Crippen LogP contribution in [0.2, 0.25) is 0 Å². The number of rotatable bonds is 5. The second-order valence-electron chi connectivity index (χ2n) is 4.20. The Morgan fingerprint density at radius 1 is 1.35 bits per heavy atom. The smallest absolute Gasteiger partial charge is 0.409 e. The maximum Gasteiger partial charge on any atom is 0.409 e. The highest BCUT2D eigenvalue weighted by molar-refractivity contribution is 7.80. The monoisotopic (exact) mass is 259 g/mol. The van der Waals surface area contributed by atoms with Crippen molar-refractivity contribution in [2.45, 2.75) is 19.8 Å². The molecule has 6 heteroatoms. The maximum atomic E-state index is 11.6. The summed E-state index contributed by atoms with van der Waals surface area (Å²) < 4.78 is 5.16. The minimum atomic E-state index is -0.201. The predicted molar refractivity (Wildman–Crippen MR) is 71.1 cm³/mol. The van der Waals surface area contributed by atoms with Gasteiger partial charge in [0, 0.05) is 32.7 Å². The van der Waals surface area contributed by atoms with E-state index in [0.29, 0.717) is 31.2 Å². The molecule has 1 saturated heterocycles. The summed E-state index contributed by atoms with van der Waals surface area (Å²) in [4.78, 5) is 16.0. The van der Waals surface area contributed by atoms with Gasteiger partial charge in [0.2, 0.25) is 0 Å². The van der Waals surface area contributed by atoms with Crippen LogP contribution in [-0.4, -0.2) is 60.2 Å². The van der Waals surface area contributed by atoms with E-state index in [2.05, 4.69) is 11.8 Å². The summed E-state index contributed by atoms with van der Waals surface area (Å²) in [6.07, 6.45) is 1.76. The van der Waals surface area contributed by atoms with Crippen molar-refractivity contribution < 1.29 is 9.53 Å². The zero-order valence-corrected chi connectivity index (χ0v) is 11.2. The summed E-state index contributed by atoms with van der Waals surface area (Å²) >= 11 is 4.86. The molecule has 1 rings (SSSR count). The zero-order chi connectivity index (χ0) is 12.7. The van der Waals surface area contributed by atoms with Crippen LogP contribution >= 0.6 is 12.2 Å². The third-order valence-electron chi connectivity index (χ3n) is 2.73. The second-order valence-corrected chi connectivity index (χ2v) is 4.72. The molecule has 0 aliphatic carbocycles. The molecule has 0 aromatic heterocycles. The predicted octanol–water partition coefficient (Wildman–Crippen LogP) is 0.827. The fourth-order valence-corrected chi connectivity index (χ4v) is 1.89. The first-order valence-electron chi connectivity index (χ1n) is 6.06. The summed E-state index contributed by atoms with van der Waals surface area (Å²) in [6, 6.07) is 0. The van der Waals surface area contributed by atoms with Crippen LogP contribution in [0, 0.1) is 0 Å². The number of hydrogen-bond donors (Lipinski definition) is 1. The van der Waals surface area contributed by atoms with E-state index in [1.807, 2.05) is 0 Å². The van der Waals surface area contributed by atoms with Crippen molar-refractivity contribution in [2.75, 3.05) is 39.3 Å². The van der Waals surface area contributed by atoms with Gasteiger partial charge in [0.25, 0.3) is 0 Å². The van der Waals surface area contributed by atoms with Gasteiger partial charge in [-0.25, -0.2) is 4.79 Å². The van der Waals surface area contributed by atoms with Crippen molar-refractivity contribution in [1.29, 1.82) is 0 Å². The van der Waals surface area contributed by atoms with E-state index in [-0.39, 0.29) is 6.09 Å². The van der Waals surface area contributed by atoms with Crippen LogP contribution < -0.4 is 5.73 Å². The number of amides is 1. The van der Waals surface area contributed by atoms with Crippen molar-refractivity contribution in [1.82, 2.24) is 9.80 Å². The largest absolute Gasteiger partial charge is 0.449 e. The Morgan fingerprint density at radius 3 is 2.53 bits per heavy atom. The first kappa shape index (κ1) is 14.2. The molecule has 0 atom stereocenters. The van der Waals surface area contributed by atoms with Crippen LogP contribution in [0.5, 0.6) is 0 Å². The molecular weight excluding hydrogens is 238 g/mol. The standard InChI is InChI=1S/C11H21N3O2S/c1-2-3-8-16-11(15)14-6-4-13(5-7-14)9-10(12)17/h2-9H2,1H3,(H2,12,17). The third-order valence-corrected chi connectivity index (χ3v) is 2.86. The van der Waals surface area contributed by atoms with E-state index < -0.39 is 0 Å². The van der Waals surface area contributed by atoms with Gasteiger partial charge in [-0.05, 0) is 6.42 Å². The molecular formula is C11H21N3O2S. The molecule has 0 aromatic rings. The highest BCUT2D eigenvalue weighted by atomic mass is 32.1. The van der Waals surface area contributed by atoms with Crippen LogP contribution in [0.3, 0.4) is 0 Å². The Kier molecular flexibility index (Phi) is 6.21. The molecule has 2 N–H and O–H groups in total. The normalized spacial score (nSPS) is 16.9. The summed E-state index contributed by atoms with van der Waals surface area (Å²) in [5.74, 6) is 0. The van der Waals surface area contributed by atoms with E-state index in [1.54, 1.807) is 4.90 Å². The molecule has 5 nitrogen and oxygen atoms in total. The van der Waals surface area contributed by atoms with Crippen LogP contribution in [0.4, 0.5) is 4.79 Å². The highest BCUT2D eigenvalue weighted by Crippen LogP contribution is 2.04. The minimum Gasteiger partial charge on any atom is -0.449 e. The average molecular weight is 259 g/mol. The van der Waals surface area contributed by atoms with Crippen LogP contribution in [0.15, 0.2) is 0 Å². The molecule has 0 bridgehead atoms. The quantitative estimate of drug-likeness (QED) is 0.585. The van der Waals surface area contributed by atoms with Gasteiger partial charge in [-0.2, -0.15) is 0 Å². The lowest BCUT2D eigenvalue weighted by molar-refractivity contribution is 0.0790. The fourth-order valence-electron chi connectivity index (χ4n) is 1.70. The van der Waals surface area contributed by atoms with Crippen LogP contribution in [0.25, 0.3) is 0 Å². The first-order chi connectivity index (χ1) is 8.13. The molecule has 0 unspecified atom stereocenters. The minimum absolute atomic E-state index is 0.201. The Labute approximate surface area is 108 Å². The molecule has 1 aliphatic heterocycles. The summed E-state index contributed by atoms with van der Waals surface area (Å²) in [6.45, 7) is 6.21. The number of ether oxygens (including phenoxy) is 1. The molecule has 0 aromatic carbocycles. The maximum absolute atomic E-state index is 11.6. The molecule has 0 saturated carbocycles. The van der Waals surface area contributed by atoms with Gasteiger partial charge in [-0.15, -0.1) is 0 Å². The fraction of sp³-hybridized carbons (Fsp3) is 0.818. The Hall–Kier alpha value is -0.880. The molecule has 1 fully saturated rings. The first-order valence-corrected chi connectivity index (χ1v) is 6.46. The van der Waals surface area contributed by atoms with Crippen molar-refractivity contribution in [3.05, 3.63) is 0 Å². The summed E-state index contributed by atoms with van der Waals surface area (Å²) in [5, 5.41) is 0. The lowest BCUT2D eigenvalue weighted by Gasteiger charge is -2.33. The van der Waals surface area contributed by atoms with Gasteiger partial charge in [-0.3, -0.25) is 4.90 Å². The number of hydrogen-bond acceptors (Lipinski definition) is 4. The molecule has 17 heavy (non-hydrogen) atoms. The van der Waals surface area contributed by atoms with E-state index >= 15 is 0 Å². The second kappa shape index (κ2) is 7.45. The number of piperazine rings is 1. The van der Waals surface area contributed by atoms with Crippen LogP contribution in [0.1, 0.15) is 19.8 Å². The van der Waals surface area contributed by atoms with Crippen molar-refractivity contribution in [3.8, 4) is 0 Å². The summed E-state index contributed by atoms with van der Waals surface area (Å²) in [5.41, 5.74) is 5.48. The molecule has 98 valence electrons. The lowest BCUT2D eigenvalue weighted by Crippen LogP contribution is -2.50.